The second kappa shape index (κ2) is 6.76. The van der Waals surface area contributed by atoms with Crippen molar-refractivity contribution in [3.63, 3.8) is 0 Å². The van der Waals surface area contributed by atoms with Crippen molar-refractivity contribution in [3.8, 4) is 11.5 Å². The lowest BCUT2D eigenvalue weighted by molar-refractivity contribution is 0.583. The molecule has 0 spiro atoms. The molecule has 21 heavy (non-hydrogen) atoms. The molecular formula is C17H24N4. The van der Waals surface area contributed by atoms with Crippen molar-refractivity contribution < 1.29 is 0 Å². The van der Waals surface area contributed by atoms with Crippen LogP contribution in [0.5, 0.6) is 0 Å². The van der Waals surface area contributed by atoms with Crippen molar-refractivity contribution in [3.05, 3.63) is 40.8 Å². The zero-order valence-electron chi connectivity index (χ0n) is 13.6. The summed E-state index contributed by atoms with van der Waals surface area (Å²) in [7, 11) is 0. The summed E-state index contributed by atoms with van der Waals surface area (Å²) < 4.78 is 0. The molecule has 0 saturated heterocycles. The molecule has 0 saturated carbocycles. The van der Waals surface area contributed by atoms with Crippen molar-refractivity contribution in [2.24, 2.45) is 0 Å². The Morgan fingerprint density at radius 3 is 2.38 bits per heavy atom. The molecule has 4 heteroatoms. The fourth-order valence-electron chi connectivity index (χ4n) is 2.33. The maximum atomic E-state index is 4.68. The lowest BCUT2D eigenvalue weighted by atomic mass is 10.1. The van der Waals surface area contributed by atoms with E-state index in [4.69, 9.17) is 0 Å². The number of pyridine rings is 1. The first-order valence-corrected chi connectivity index (χ1v) is 7.54. The van der Waals surface area contributed by atoms with Crippen LogP contribution >= 0.6 is 0 Å². The molecule has 0 radical (unpaired) electrons. The standard InChI is InChI=1S/C17H24N4/c1-6-14-8-7-9-18-16(14)17-20-12(4)15(13(5)21-17)10-19-11(2)3/h7-9,11,19H,6,10H2,1-5H3. The van der Waals surface area contributed by atoms with E-state index in [-0.39, 0.29) is 0 Å². The zero-order chi connectivity index (χ0) is 15.4. The number of aryl methyl sites for hydroxylation is 3. The minimum Gasteiger partial charge on any atom is -0.310 e. The minimum atomic E-state index is 0.450. The summed E-state index contributed by atoms with van der Waals surface area (Å²) in [6.45, 7) is 11.3. The fraction of sp³-hybridized carbons (Fsp3) is 0.471. The average molecular weight is 284 g/mol. The molecule has 0 aliphatic heterocycles. The van der Waals surface area contributed by atoms with Crippen LogP contribution in [0.2, 0.25) is 0 Å². The molecule has 0 fully saturated rings. The van der Waals surface area contributed by atoms with Crippen LogP contribution in [0.4, 0.5) is 0 Å². The van der Waals surface area contributed by atoms with Gasteiger partial charge in [0.25, 0.3) is 0 Å². The molecule has 2 rings (SSSR count). The Morgan fingerprint density at radius 2 is 1.81 bits per heavy atom. The predicted molar refractivity (Wildman–Crippen MR) is 86.1 cm³/mol. The fourth-order valence-corrected chi connectivity index (χ4v) is 2.33. The van der Waals surface area contributed by atoms with Gasteiger partial charge in [-0.3, -0.25) is 4.98 Å². The van der Waals surface area contributed by atoms with E-state index in [0.29, 0.717) is 6.04 Å². The average Bonchev–Trinajstić information content (AvgIpc) is 2.45. The second-order valence-corrected chi connectivity index (χ2v) is 5.60. The number of nitrogens with one attached hydrogen (secondary N) is 1. The molecular weight excluding hydrogens is 260 g/mol. The van der Waals surface area contributed by atoms with E-state index >= 15 is 0 Å². The Morgan fingerprint density at radius 1 is 1.14 bits per heavy atom. The molecule has 4 nitrogen and oxygen atoms in total. The Bertz CT molecular complexity index is 597. The van der Waals surface area contributed by atoms with Gasteiger partial charge in [-0.05, 0) is 31.9 Å². The highest BCUT2D eigenvalue weighted by atomic mass is 15.0. The maximum absolute atomic E-state index is 4.68. The minimum absolute atomic E-state index is 0.450. The van der Waals surface area contributed by atoms with Crippen LogP contribution in [-0.2, 0) is 13.0 Å². The smallest absolute Gasteiger partial charge is 0.178 e. The van der Waals surface area contributed by atoms with Crippen molar-refractivity contribution in [1.29, 1.82) is 0 Å². The molecule has 1 N–H and O–H groups in total. The molecule has 112 valence electrons. The van der Waals surface area contributed by atoms with Crippen LogP contribution < -0.4 is 5.32 Å². The highest BCUT2D eigenvalue weighted by Gasteiger charge is 2.13. The number of hydrogen-bond donors (Lipinski definition) is 1. The lowest BCUT2D eigenvalue weighted by Gasteiger charge is -2.14. The van der Waals surface area contributed by atoms with E-state index in [2.05, 4.69) is 47.1 Å². The van der Waals surface area contributed by atoms with Crippen LogP contribution in [0.3, 0.4) is 0 Å². The normalized spacial score (nSPS) is 11.1. The third-order valence-corrected chi connectivity index (χ3v) is 3.59. The van der Waals surface area contributed by atoms with Gasteiger partial charge in [0.2, 0.25) is 0 Å². The van der Waals surface area contributed by atoms with E-state index in [1.54, 1.807) is 6.20 Å². The molecule has 2 aromatic heterocycles. The van der Waals surface area contributed by atoms with E-state index in [1.165, 1.54) is 11.1 Å². The number of hydrogen-bond acceptors (Lipinski definition) is 4. The second-order valence-electron chi connectivity index (χ2n) is 5.60. The zero-order valence-corrected chi connectivity index (χ0v) is 13.6. The van der Waals surface area contributed by atoms with Crippen LogP contribution in [0.15, 0.2) is 18.3 Å². The van der Waals surface area contributed by atoms with Gasteiger partial charge in [0.1, 0.15) is 5.69 Å². The molecule has 0 bridgehead atoms. The molecule has 0 amide bonds. The van der Waals surface area contributed by atoms with E-state index in [1.807, 2.05) is 19.9 Å². The number of rotatable bonds is 5. The summed E-state index contributed by atoms with van der Waals surface area (Å²) in [5, 5.41) is 3.43. The number of nitrogens with zero attached hydrogens (tertiary/aromatic N) is 3. The summed E-state index contributed by atoms with van der Waals surface area (Å²) in [5.41, 5.74) is 5.32. The first-order valence-electron chi connectivity index (χ1n) is 7.54. The SMILES string of the molecule is CCc1cccnc1-c1nc(C)c(CNC(C)C)c(C)n1. The summed E-state index contributed by atoms with van der Waals surface area (Å²) in [5.74, 6) is 0.732. The van der Waals surface area contributed by atoms with Gasteiger partial charge in [0.15, 0.2) is 5.82 Å². The first-order chi connectivity index (χ1) is 10.0. The van der Waals surface area contributed by atoms with Crippen molar-refractivity contribution >= 4 is 0 Å². The Labute approximate surface area is 127 Å². The molecule has 0 aromatic carbocycles. The third-order valence-electron chi connectivity index (χ3n) is 3.59. The van der Waals surface area contributed by atoms with Crippen molar-refractivity contribution in [2.45, 2.75) is 53.6 Å². The van der Waals surface area contributed by atoms with Crippen molar-refractivity contribution in [2.75, 3.05) is 0 Å². The highest BCUT2D eigenvalue weighted by Crippen LogP contribution is 2.20. The Hall–Kier alpha value is -1.81. The predicted octanol–water partition coefficient (Wildman–Crippen LogP) is 3.22. The van der Waals surface area contributed by atoms with E-state index < -0.39 is 0 Å². The van der Waals surface area contributed by atoms with Gasteiger partial charge in [-0.2, -0.15) is 0 Å². The van der Waals surface area contributed by atoms with Crippen LogP contribution in [0, 0.1) is 13.8 Å². The largest absolute Gasteiger partial charge is 0.310 e. The topological polar surface area (TPSA) is 50.7 Å². The third kappa shape index (κ3) is 3.64. The molecule has 0 unspecified atom stereocenters. The summed E-state index contributed by atoms with van der Waals surface area (Å²) in [4.78, 5) is 13.8. The van der Waals surface area contributed by atoms with E-state index in [0.717, 1.165) is 35.9 Å². The highest BCUT2D eigenvalue weighted by molar-refractivity contribution is 5.55. The van der Waals surface area contributed by atoms with Gasteiger partial charge < -0.3 is 5.32 Å². The molecule has 2 heterocycles. The van der Waals surface area contributed by atoms with Gasteiger partial charge in [-0.25, -0.2) is 9.97 Å². The van der Waals surface area contributed by atoms with Gasteiger partial charge in [-0.15, -0.1) is 0 Å². The van der Waals surface area contributed by atoms with Crippen LogP contribution in [0.25, 0.3) is 11.5 Å². The monoisotopic (exact) mass is 284 g/mol. The van der Waals surface area contributed by atoms with Crippen LogP contribution in [-0.4, -0.2) is 21.0 Å². The summed E-state index contributed by atoms with van der Waals surface area (Å²) in [6, 6.07) is 4.50. The Balaban J connectivity index is 2.39. The summed E-state index contributed by atoms with van der Waals surface area (Å²) in [6.07, 6.45) is 2.73. The lowest BCUT2D eigenvalue weighted by Crippen LogP contribution is -2.23. The van der Waals surface area contributed by atoms with Gasteiger partial charge in [0, 0.05) is 35.7 Å². The van der Waals surface area contributed by atoms with Gasteiger partial charge in [-0.1, -0.05) is 26.8 Å². The molecule has 0 aliphatic carbocycles. The van der Waals surface area contributed by atoms with E-state index in [9.17, 15) is 0 Å². The molecule has 2 aromatic rings. The molecule has 0 aliphatic rings. The van der Waals surface area contributed by atoms with Gasteiger partial charge in [0.05, 0.1) is 0 Å². The maximum Gasteiger partial charge on any atom is 0.178 e. The van der Waals surface area contributed by atoms with Gasteiger partial charge >= 0.3 is 0 Å². The first kappa shape index (κ1) is 15.6. The molecule has 0 atom stereocenters. The van der Waals surface area contributed by atoms with Crippen LogP contribution in [0.1, 0.15) is 43.3 Å². The Kier molecular flexibility index (Phi) is 5.02. The quantitative estimate of drug-likeness (QED) is 0.916. The summed E-state index contributed by atoms with van der Waals surface area (Å²) >= 11 is 0. The van der Waals surface area contributed by atoms with Crippen molar-refractivity contribution in [1.82, 2.24) is 20.3 Å². The number of aromatic nitrogens is 3.